The van der Waals surface area contributed by atoms with Gasteiger partial charge in [-0.2, -0.15) is 18.4 Å². The molecule has 0 aliphatic carbocycles. The molecule has 1 fully saturated rings. The molecule has 134 valence electrons. The van der Waals surface area contributed by atoms with Crippen molar-refractivity contribution in [1.29, 1.82) is 5.26 Å². The van der Waals surface area contributed by atoms with Crippen molar-refractivity contribution in [2.45, 2.75) is 25.6 Å². The van der Waals surface area contributed by atoms with E-state index in [0.29, 0.717) is 0 Å². The average molecular weight is 372 g/mol. The monoisotopic (exact) mass is 372 g/mol. The van der Waals surface area contributed by atoms with Crippen molar-refractivity contribution in [1.82, 2.24) is 10.4 Å². The number of hydroxylamine groups is 2. The van der Waals surface area contributed by atoms with E-state index in [1.807, 2.05) is 0 Å². The van der Waals surface area contributed by atoms with E-state index in [4.69, 9.17) is 22.3 Å². The van der Waals surface area contributed by atoms with Gasteiger partial charge in [0.1, 0.15) is 12.3 Å². The highest BCUT2D eigenvalue weighted by molar-refractivity contribution is 7.80. The van der Waals surface area contributed by atoms with Gasteiger partial charge in [0.25, 0.3) is 5.91 Å². The zero-order valence-corrected chi connectivity index (χ0v) is 14.5. The Morgan fingerprint density at radius 3 is 2.56 bits per heavy atom. The van der Waals surface area contributed by atoms with Gasteiger partial charge in [-0.3, -0.25) is 19.8 Å². The summed E-state index contributed by atoms with van der Waals surface area (Å²) in [6.07, 6.45) is -4.73. The molecular weight excluding hydrogens is 357 g/mol. The van der Waals surface area contributed by atoms with Crippen LogP contribution in [0.15, 0.2) is 18.2 Å². The maximum Gasteiger partial charge on any atom is 0.417 e. The second-order valence-corrected chi connectivity index (χ2v) is 6.11. The number of benzene rings is 1. The standard InChI is InChI=1S/C15H15F3N4O2S/c1-14(2)12(23)21(13(25)22(14)24-8-20-3)10-5-4-9(7-19)11(6-10)15(16,17)18/h4-6,20H,8H2,1-3H3. The van der Waals surface area contributed by atoms with Crippen molar-refractivity contribution in [2.75, 3.05) is 18.7 Å². The van der Waals surface area contributed by atoms with Crippen molar-refractivity contribution >= 4 is 28.9 Å². The Balaban J connectivity index is 2.50. The minimum absolute atomic E-state index is 0.0614. The number of amides is 1. The lowest BCUT2D eigenvalue weighted by molar-refractivity contribution is -0.162. The maximum absolute atomic E-state index is 13.2. The fourth-order valence-corrected chi connectivity index (χ4v) is 2.82. The maximum atomic E-state index is 13.2. The van der Waals surface area contributed by atoms with E-state index in [-0.39, 0.29) is 17.5 Å². The number of alkyl halides is 3. The van der Waals surface area contributed by atoms with Gasteiger partial charge in [-0.1, -0.05) is 0 Å². The van der Waals surface area contributed by atoms with Gasteiger partial charge in [0, 0.05) is 0 Å². The third-order valence-corrected chi connectivity index (χ3v) is 3.97. The molecule has 0 unspecified atom stereocenters. The van der Waals surface area contributed by atoms with Crippen LogP contribution in [0.5, 0.6) is 0 Å². The summed E-state index contributed by atoms with van der Waals surface area (Å²) in [6.45, 7) is 3.16. The molecule has 0 saturated carbocycles. The topological polar surface area (TPSA) is 68.6 Å². The lowest BCUT2D eigenvalue weighted by atomic mass is 10.0. The summed E-state index contributed by atoms with van der Waals surface area (Å²) in [7, 11) is 1.63. The van der Waals surface area contributed by atoms with Gasteiger partial charge in [-0.25, -0.2) is 5.06 Å². The van der Waals surface area contributed by atoms with Crippen LogP contribution in [0.4, 0.5) is 18.9 Å². The number of halogens is 3. The molecule has 0 atom stereocenters. The fraction of sp³-hybridized carbons (Fsp3) is 0.400. The number of rotatable bonds is 4. The van der Waals surface area contributed by atoms with Crippen LogP contribution in [0.2, 0.25) is 0 Å². The Labute approximate surface area is 147 Å². The molecule has 1 aromatic carbocycles. The molecule has 1 amide bonds. The van der Waals surface area contributed by atoms with E-state index < -0.39 is 28.7 Å². The van der Waals surface area contributed by atoms with Gasteiger partial charge < -0.3 is 0 Å². The molecule has 25 heavy (non-hydrogen) atoms. The number of carbonyl (C=O) groups excluding carboxylic acids is 1. The Morgan fingerprint density at radius 1 is 1.40 bits per heavy atom. The molecule has 1 heterocycles. The number of hydrogen-bond donors (Lipinski definition) is 1. The summed E-state index contributed by atoms with van der Waals surface area (Å²) in [5, 5.41) is 12.7. The van der Waals surface area contributed by atoms with E-state index in [2.05, 4.69) is 5.32 Å². The van der Waals surface area contributed by atoms with Crippen molar-refractivity contribution in [3.8, 4) is 6.07 Å². The highest BCUT2D eigenvalue weighted by atomic mass is 32.1. The number of nitriles is 1. The second kappa shape index (κ2) is 6.59. The first-order valence-corrected chi connectivity index (χ1v) is 7.54. The number of anilines is 1. The Bertz CT molecular complexity index is 758. The molecule has 1 aliphatic heterocycles. The van der Waals surface area contributed by atoms with Crippen LogP contribution in [0.3, 0.4) is 0 Å². The molecule has 1 aromatic rings. The lowest BCUT2D eigenvalue weighted by Crippen LogP contribution is -2.45. The zero-order valence-electron chi connectivity index (χ0n) is 13.6. The molecule has 0 aromatic heterocycles. The zero-order chi connectivity index (χ0) is 19.0. The summed E-state index contributed by atoms with van der Waals surface area (Å²) < 4.78 is 39.5. The van der Waals surface area contributed by atoms with Crippen molar-refractivity contribution in [2.24, 2.45) is 0 Å². The quantitative estimate of drug-likeness (QED) is 0.647. The minimum atomic E-state index is -4.73. The fourth-order valence-electron chi connectivity index (χ4n) is 2.35. The van der Waals surface area contributed by atoms with E-state index in [0.717, 1.165) is 17.0 Å². The number of thiocarbonyl (C=S) groups is 1. The third kappa shape index (κ3) is 3.30. The molecular formula is C15H15F3N4O2S. The summed E-state index contributed by atoms with van der Waals surface area (Å²) in [6, 6.07) is 4.49. The van der Waals surface area contributed by atoms with Crippen LogP contribution in [0.1, 0.15) is 25.0 Å². The van der Waals surface area contributed by atoms with Crippen LogP contribution in [-0.2, 0) is 15.8 Å². The molecule has 0 radical (unpaired) electrons. The first kappa shape index (κ1) is 19.1. The Morgan fingerprint density at radius 2 is 2.04 bits per heavy atom. The largest absolute Gasteiger partial charge is 0.417 e. The van der Waals surface area contributed by atoms with Crippen molar-refractivity contribution in [3.63, 3.8) is 0 Å². The van der Waals surface area contributed by atoms with Gasteiger partial charge in [-0.15, -0.1) is 0 Å². The summed E-state index contributed by atoms with van der Waals surface area (Å²) in [5.74, 6) is -0.536. The van der Waals surface area contributed by atoms with Crippen LogP contribution in [0.25, 0.3) is 0 Å². The van der Waals surface area contributed by atoms with Crippen LogP contribution in [0, 0.1) is 11.3 Å². The number of nitrogens with zero attached hydrogens (tertiary/aromatic N) is 3. The molecule has 1 saturated heterocycles. The van der Waals surface area contributed by atoms with E-state index in [1.54, 1.807) is 20.9 Å². The molecule has 6 nitrogen and oxygen atoms in total. The van der Waals surface area contributed by atoms with Crippen LogP contribution < -0.4 is 10.2 Å². The molecule has 1 N–H and O–H groups in total. The van der Waals surface area contributed by atoms with Gasteiger partial charge >= 0.3 is 6.18 Å². The predicted octanol–water partition coefficient (Wildman–Crippen LogP) is 2.40. The normalized spacial score (nSPS) is 17.2. The van der Waals surface area contributed by atoms with Crippen molar-refractivity contribution in [3.05, 3.63) is 29.3 Å². The summed E-state index contributed by atoms with van der Waals surface area (Å²) in [4.78, 5) is 19.0. The highest BCUT2D eigenvalue weighted by Gasteiger charge is 2.51. The summed E-state index contributed by atoms with van der Waals surface area (Å²) in [5.41, 5.74) is -2.93. The highest BCUT2D eigenvalue weighted by Crippen LogP contribution is 2.37. The average Bonchev–Trinajstić information content (AvgIpc) is 2.70. The molecule has 10 heteroatoms. The Hall–Kier alpha value is -2.22. The smallest absolute Gasteiger partial charge is 0.296 e. The second-order valence-electron chi connectivity index (χ2n) is 5.74. The minimum Gasteiger partial charge on any atom is -0.296 e. The van der Waals surface area contributed by atoms with Crippen LogP contribution in [-0.4, -0.2) is 35.4 Å². The van der Waals surface area contributed by atoms with E-state index >= 15 is 0 Å². The third-order valence-electron chi connectivity index (χ3n) is 3.62. The number of hydrogen-bond acceptors (Lipinski definition) is 5. The first-order chi connectivity index (χ1) is 11.6. The SMILES string of the molecule is CNCON1C(=S)N(c2ccc(C#N)c(C(F)(F)F)c2)C(=O)C1(C)C. The van der Waals surface area contributed by atoms with Crippen LogP contribution >= 0.6 is 12.2 Å². The van der Waals surface area contributed by atoms with E-state index in [1.165, 1.54) is 17.2 Å². The van der Waals surface area contributed by atoms with Crippen molar-refractivity contribution < 1.29 is 22.8 Å². The number of nitrogens with one attached hydrogen (secondary N) is 1. The predicted molar refractivity (Wildman–Crippen MR) is 87.2 cm³/mol. The number of carbonyl (C=O) groups is 1. The lowest BCUT2D eigenvalue weighted by Gasteiger charge is -2.27. The molecule has 0 bridgehead atoms. The van der Waals surface area contributed by atoms with Gasteiger partial charge in [0.2, 0.25) is 5.11 Å². The molecule has 1 aliphatic rings. The first-order valence-electron chi connectivity index (χ1n) is 7.13. The van der Waals surface area contributed by atoms with E-state index in [9.17, 15) is 18.0 Å². The van der Waals surface area contributed by atoms with Gasteiger partial charge in [-0.05, 0) is 51.3 Å². The Kier molecular flexibility index (Phi) is 5.04. The van der Waals surface area contributed by atoms with Gasteiger partial charge in [0.15, 0.2) is 0 Å². The summed E-state index contributed by atoms with van der Waals surface area (Å²) >= 11 is 5.21. The molecule has 0 spiro atoms. The van der Waals surface area contributed by atoms with Gasteiger partial charge in [0.05, 0.1) is 22.9 Å². The molecule has 2 rings (SSSR count).